The molecule has 0 aromatic carbocycles. The van der Waals surface area contributed by atoms with Crippen LogP contribution in [-0.2, 0) is 16.0 Å². The molecule has 0 fully saturated rings. The lowest BCUT2D eigenvalue weighted by atomic mass is 10.2. The predicted octanol–water partition coefficient (Wildman–Crippen LogP) is 2.53. The van der Waals surface area contributed by atoms with Crippen LogP contribution in [-0.4, -0.2) is 38.9 Å². The molecule has 0 radical (unpaired) electrons. The molecule has 27 heavy (non-hydrogen) atoms. The highest BCUT2D eigenvalue weighted by Crippen LogP contribution is 2.27. The first-order valence-corrected chi connectivity index (χ1v) is 9.53. The van der Waals surface area contributed by atoms with Crippen LogP contribution in [0.2, 0.25) is 0 Å². The van der Waals surface area contributed by atoms with Gasteiger partial charge in [-0.3, -0.25) is 14.6 Å². The summed E-state index contributed by atoms with van der Waals surface area (Å²) in [7, 11) is 0. The van der Waals surface area contributed by atoms with Gasteiger partial charge in [0.1, 0.15) is 18.1 Å². The monoisotopic (exact) mass is 387 g/mol. The molecule has 0 aliphatic rings. The lowest BCUT2D eigenvalue weighted by molar-refractivity contribution is -0.120. The molecule has 3 aromatic rings. The third-order valence-corrected chi connectivity index (χ3v) is 4.84. The lowest BCUT2D eigenvalue weighted by Gasteiger charge is -2.09. The second kappa shape index (κ2) is 8.28. The smallest absolute Gasteiger partial charge is 0.255 e. The van der Waals surface area contributed by atoms with E-state index in [1.54, 1.807) is 13.0 Å². The molecule has 3 rings (SSSR count). The summed E-state index contributed by atoms with van der Waals surface area (Å²) in [6.45, 7) is 5.89. The van der Waals surface area contributed by atoms with Crippen LogP contribution >= 0.6 is 11.3 Å². The highest BCUT2D eigenvalue weighted by Gasteiger charge is 2.17. The van der Waals surface area contributed by atoms with E-state index in [1.165, 1.54) is 16.0 Å². The Bertz CT molecular complexity index is 991. The summed E-state index contributed by atoms with van der Waals surface area (Å²) in [5.41, 5.74) is 1.73. The van der Waals surface area contributed by atoms with Gasteiger partial charge >= 0.3 is 0 Å². The second-order valence-corrected chi connectivity index (χ2v) is 6.74. The topological polar surface area (TPSA) is 102 Å². The molecule has 8 nitrogen and oxygen atoms in total. The molecule has 0 unspecified atom stereocenters. The number of hydrogen-bond acceptors (Lipinski definition) is 6. The van der Waals surface area contributed by atoms with Crippen LogP contribution in [0.3, 0.4) is 0 Å². The van der Waals surface area contributed by atoms with Gasteiger partial charge in [0.25, 0.3) is 11.5 Å². The number of anilines is 1. The molecule has 2 N–H and O–H groups in total. The van der Waals surface area contributed by atoms with Gasteiger partial charge in [0, 0.05) is 23.9 Å². The number of ether oxygens (including phenoxy) is 1. The van der Waals surface area contributed by atoms with Crippen LogP contribution in [0.1, 0.15) is 25.1 Å². The Morgan fingerprint density at radius 2 is 2.22 bits per heavy atom. The SMILES string of the molecule is CCOCC(=O)Nc1cc(-c2cccs2)nn1-c1nc(C)c(CC)c(=O)[nH]1. The molecule has 0 spiro atoms. The zero-order valence-corrected chi connectivity index (χ0v) is 16.2. The maximum atomic E-state index is 12.3. The van der Waals surface area contributed by atoms with Gasteiger partial charge in [0.15, 0.2) is 0 Å². The van der Waals surface area contributed by atoms with Crippen molar-refractivity contribution >= 4 is 23.1 Å². The van der Waals surface area contributed by atoms with Gasteiger partial charge < -0.3 is 10.1 Å². The van der Waals surface area contributed by atoms with Crippen molar-refractivity contribution in [1.29, 1.82) is 0 Å². The van der Waals surface area contributed by atoms with E-state index in [-0.39, 0.29) is 24.0 Å². The number of amides is 1. The quantitative estimate of drug-likeness (QED) is 0.649. The van der Waals surface area contributed by atoms with Crippen LogP contribution < -0.4 is 10.9 Å². The molecule has 0 saturated heterocycles. The highest BCUT2D eigenvalue weighted by molar-refractivity contribution is 7.13. The summed E-state index contributed by atoms with van der Waals surface area (Å²) < 4.78 is 6.58. The molecular weight excluding hydrogens is 366 g/mol. The molecule has 0 bridgehead atoms. The number of hydrogen-bond donors (Lipinski definition) is 2. The summed E-state index contributed by atoms with van der Waals surface area (Å²) in [6.07, 6.45) is 0.589. The summed E-state index contributed by atoms with van der Waals surface area (Å²) in [5.74, 6) is 0.360. The maximum Gasteiger partial charge on any atom is 0.255 e. The normalized spacial score (nSPS) is 10.9. The van der Waals surface area contributed by atoms with E-state index in [2.05, 4.69) is 20.4 Å². The fraction of sp³-hybridized carbons (Fsp3) is 0.333. The van der Waals surface area contributed by atoms with Crippen molar-refractivity contribution in [3.63, 3.8) is 0 Å². The number of aryl methyl sites for hydroxylation is 1. The van der Waals surface area contributed by atoms with E-state index >= 15 is 0 Å². The Labute approximate surface area is 160 Å². The van der Waals surface area contributed by atoms with Crippen molar-refractivity contribution in [2.45, 2.75) is 27.2 Å². The fourth-order valence-electron chi connectivity index (χ4n) is 2.66. The van der Waals surface area contributed by atoms with Gasteiger partial charge in [0.05, 0.1) is 4.88 Å². The maximum absolute atomic E-state index is 12.3. The van der Waals surface area contributed by atoms with Gasteiger partial charge in [-0.1, -0.05) is 13.0 Å². The van der Waals surface area contributed by atoms with Crippen molar-refractivity contribution in [1.82, 2.24) is 19.7 Å². The summed E-state index contributed by atoms with van der Waals surface area (Å²) in [5, 5.41) is 9.25. The number of aromatic amines is 1. The minimum atomic E-state index is -0.306. The molecule has 142 valence electrons. The highest BCUT2D eigenvalue weighted by atomic mass is 32.1. The zero-order chi connectivity index (χ0) is 19.4. The molecular formula is C18H21N5O3S. The number of thiophene rings is 1. The summed E-state index contributed by atoms with van der Waals surface area (Å²) in [4.78, 5) is 32.6. The molecule has 3 heterocycles. The average Bonchev–Trinajstić information content (AvgIpc) is 3.29. The number of H-pyrrole nitrogens is 1. The largest absolute Gasteiger partial charge is 0.372 e. The molecule has 9 heteroatoms. The van der Waals surface area contributed by atoms with Gasteiger partial charge in [-0.2, -0.15) is 9.78 Å². The van der Waals surface area contributed by atoms with E-state index in [9.17, 15) is 9.59 Å². The van der Waals surface area contributed by atoms with E-state index in [4.69, 9.17) is 4.74 Å². The van der Waals surface area contributed by atoms with Gasteiger partial charge in [-0.05, 0) is 31.7 Å². The van der Waals surface area contributed by atoms with Crippen molar-refractivity contribution in [3.8, 4) is 16.5 Å². The average molecular weight is 387 g/mol. The Kier molecular flexibility index (Phi) is 5.82. The van der Waals surface area contributed by atoms with Crippen molar-refractivity contribution in [2.24, 2.45) is 0 Å². The number of nitrogens with zero attached hydrogens (tertiary/aromatic N) is 3. The molecule has 3 aromatic heterocycles. The predicted molar refractivity (Wildman–Crippen MR) is 105 cm³/mol. The molecule has 0 saturated carbocycles. The molecule has 0 atom stereocenters. The fourth-order valence-corrected chi connectivity index (χ4v) is 3.34. The van der Waals surface area contributed by atoms with Gasteiger partial charge in [-0.25, -0.2) is 4.98 Å². The van der Waals surface area contributed by atoms with Crippen LogP contribution in [0, 0.1) is 6.92 Å². The van der Waals surface area contributed by atoms with Crippen LogP contribution in [0.4, 0.5) is 5.82 Å². The number of carbonyl (C=O) groups excluding carboxylic acids is 1. The van der Waals surface area contributed by atoms with Crippen molar-refractivity contribution < 1.29 is 9.53 Å². The number of nitrogens with one attached hydrogen (secondary N) is 2. The van der Waals surface area contributed by atoms with E-state index in [0.717, 1.165) is 4.88 Å². The Balaban J connectivity index is 2.05. The number of carbonyl (C=O) groups is 1. The Morgan fingerprint density at radius 1 is 1.41 bits per heavy atom. The van der Waals surface area contributed by atoms with Crippen LogP contribution in [0.25, 0.3) is 16.5 Å². The molecule has 1 amide bonds. The van der Waals surface area contributed by atoms with E-state index < -0.39 is 0 Å². The summed E-state index contributed by atoms with van der Waals surface area (Å²) in [6, 6.07) is 5.61. The lowest BCUT2D eigenvalue weighted by Crippen LogP contribution is -2.23. The first kappa shape index (κ1) is 19.0. The minimum Gasteiger partial charge on any atom is -0.372 e. The second-order valence-electron chi connectivity index (χ2n) is 5.80. The van der Waals surface area contributed by atoms with Crippen LogP contribution in [0.15, 0.2) is 28.4 Å². The number of rotatable bonds is 7. The van der Waals surface area contributed by atoms with Gasteiger partial charge in [0.2, 0.25) is 5.95 Å². The minimum absolute atomic E-state index is 0.0617. The first-order chi connectivity index (χ1) is 13.0. The molecule has 0 aliphatic heterocycles. The van der Waals surface area contributed by atoms with Gasteiger partial charge in [-0.15, -0.1) is 11.3 Å². The Hall–Kier alpha value is -2.78. The standard InChI is InChI=1S/C18H21N5O3S/c1-4-12-11(3)19-18(21-17(12)25)23-15(20-16(24)10-26-5-2)9-13(22-23)14-7-6-8-27-14/h6-9H,4-5,10H2,1-3H3,(H,20,24)(H,19,21,25). The first-order valence-electron chi connectivity index (χ1n) is 8.65. The van der Waals surface area contributed by atoms with Crippen LogP contribution in [0.5, 0.6) is 0 Å². The third kappa shape index (κ3) is 4.15. The zero-order valence-electron chi connectivity index (χ0n) is 15.4. The summed E-state index contributed by atoms with van der Waals surface area (Å²) >= 11 is 1.53. The van der Waals surface area contributed by atoms with E-state index in [0.29, 0.717) is 35.8 Å². The van der Waals surface area contributed by atoms with Crippen molar-refractivity contribution in [3.05, 3.63) is 45.2 Å². The Morgan fingerprint density at radius 3 is 2.85 bits per heavy atom. The van der Waals surface area contributed by atoms with Crippen molar-refractivity contribution in [2.75, 3.05) is 18.5 Å². The number of aromatic nitrogens is 4. The van der Waals surface area contributed by atoms with E-state index in [1.807, 2.05) is 31.4 Å². The third-order valence-electron chi connectivity index (χ3n) is 3.95. The molecule has 0 aliphatic carbocycles.